The van der Waals surface area contributed by atoms with E-state index in [-0.39, 0.29) is 18.6 Å². The molecule has 0 saturated heterocycles. The van der Waals surface area contributed by atoms with Gasteiger partial charge in [-0.2, -0.15) is 0 Å². The van der Waals surface area contributed by atoms with Crippen molar-refractivity contribution in [2.45, 2.75) is 31.9 Å². The lowest BCUT2D eigenvalue weighted by Gasteiger charge is -2.13. The Kier molecular flexibility index (Phi) is 3.81. The summed E-state index contributed by atoms with van der Waals surface area (Å²) in [5, 5.41) is 22.4. The topological polar surface area (TPSA) is 78.3 Å². The highest BCUT2D eigenvalue weighted by molar-refractivity contribution is 6.29. The number of aliphatic hydroxyl groups is 2. The molecule has 6 heteroatoms. The average molecular weight is 258 g/mol. The minimum Gasteiger partial charge on any atom is -0.396 e. The summed E-state index contributed by atoms with van der Waals surface area (Å²) in [4.78, 5) is 8.20. The highest BCUT2D eigenvalue weighted by Crippen LogP contribution is 2.28. The molecule has 1 fully saturated rings. The van der Waals surface area contributed by atoms with Crippen molar-refractivity contribution in [1.29, 1.82) is 0 Å². The van der Waals surface area contributed by atoms with E-state index in [1.165, 1.54) is 0 Å². The molecule has 3 N–H and O–H groups in total. The third-order valence-electron chi connectivity index (χ3n) is 3.05. The molecule has 0 spiro atoms. The fourth-order valence-corrected chi connectivity index (χ4v) is 2.46. The van der Waals surface area contributed by atoms with Crippen molar-refractivity contribution in [2.24, 2.45) is 5.92 Å². The van der Waals surface area contributed by atoms with Crippen molar-refractivity contribution in [2.75, 3.05) is 11.9 Å². The lowest BCUT2D eigenvalue weighted by Crippen LogP contribution is -2.17. The maximum Gasteiger partial charge on any atom is 0.134 e. The maximum atomic E-state index is 9.69. The summed E-state index contributed by atoms with van der Waals surface area (Å²) in [6.07, 6.45) is 0.903. The highest BCUT2D eigenvalue weighted by Gasteiger charge is 2.32. The van der Waals surface area contributed by atoms with Crippen LogP contribution in [0.1, 0.15) is 18.7 Å². The van der Waals surface area contributed by atoms with E-state index in [9.17, 15) is 5.11 Å². The number of hydrogen-bond donors (Lipinski definition) is 3. The first-order chi connectivity index (χ1) is 8.08. The third-order valence-corrected chi connectivity index (χ3v) is 3.24. The molecule has 2 rings (SSSR count). The summed E-state index contributed by atoms with van der Waals surface area (Å²) in [6.45, 7) is 1.79. The number of aryl methyl sites for hydroxylation is 1. The number of hydrogen-bond acceptors (Lipinski definition) is 5. The Hall–Kier alpha value is -0.910. The zero-order valence-corrected chi connectivity index (χ0v) is 10.4. The van der Waals surface area contributed by atoms with E-state index in [2.05, 4.69) is 15.3 Å². The number of aliphatic hydroxyl groups excluding tert-OH is 2. The number of anilines is 1. The van der Waals surface area contributed by atoms with Crippen molar-refractivity contribution >= 4 is 17.4 Å². The fourth-order valence-electron chi connectivity index (χ4n) is 2.23. The number of halogens is 1. The fraction of sp³-hybridized carbons (Fsp3) is 0.636. The predicted octanol–water partition coefficient (Wildman–Crippen LogP) is 0.982. The van der Waals surface area contributed by atoms with Crippen molar-refractivity contribution in [3.05, 3.63) is 17.0 Å². The van der Waals surface area contributed by atoms with Gasteiger partial charge in [-0.3, -0.25) is 0 Å². The molecule has 94 valence electrons. The molecule has 1 aromatic rings. The Morgan fingerprint density at radius 1 is 1.47 bits per heavy atom. The van der Waals surface area contributed by atoms with Gasteiger partial charge in [-0.1, -0.05) is 11.6 Å². The van der Waals surface area contributed by atoms with E-state index >= 15 is 0 Å². The van der Waals surface area contributed by atoms with Crippen LogP contribution >= 0.6 is 11.6 Å². The molecular weight excluding hydrogens is 242 g/mol. The maximum absolute atomic E-state index is 9.69. The lowest BCUT2D eigenvalue weighted by atomic mass is 10.1. The molecule has 0 radical (unpaired) electrons. The highest BCUT2D eigenvalue weighted by atomic mass is 35.5. The van der Waals surface area contributed by atoms with Gasteiger partial charge in [0.25, 0.3) is 0 Å². The Morgan fingerprint density at radius 3 is 2.82 bits per heavy atom. The van der Waals surface area contributed by atoms with E-state index < -0.39 is 6.10 Å². The average Bonchev–Trinajstić information content (AvgIpc) is 2.57. The lowest BCUT2D eigenvalue weighted by molar-refractivity contribution is 0.0908. The summed E-state index contributed by atoms with van der Waals surface area (Å²) in [6, 6.07) is 1.78. The second-order valence-corrected chi connectivity index (χ2v) is 4.83. The van der Waals surface area contributed by atoms with Gasteiger partial charge in [-0.15, -0.1) is 0 Å². The molecule has 3 atom stereocenters. The predicted molar refractivity (Wildman–Crippen MR) is 65.0 cm³/mol. The first-order valence-corrected chi connectivity index (χ1v) is 6.03. The van der Waals surface area contributed by atoms with Gasteiger partial charge in [0.05, 0.1) is 6.10 Å². The Morgan fingerprint density at radius 2 is 2.24 bits per heavy atom. The van der Waals surface area contributed by atoms with Crippen LogP contribution in [0.25, 0.3) is 0 Å². The van der Waals surface area contributed by atoms with E-state index in [1.807, 2.05) is 0 Å². The molecule has 1 aliphatic rings. The van der Waals surface area contributed by atoms with Crippen LogP contribution in [-0.2, 0) is 0 Å². The molecular formula is C11H16ClN3O2. The summed E-state index contributed by atoms with van der Waals surface area (Å²) in [5.41, 5.74) is 0. The normalized spacial score (nSPS) is 28.4. The second kappa shape index (κ2) is 5.16. The molecule has 1 aromatic heterocycles. The zero-order chi connectivity index (χ0) is 12.4. The first kappa shape index (κ1) is 12.5. The zero-order valence-electron chi connectivity index (χ0n) is 9.60. The molecule has 0 aromatic carbocycles. The van der Waals surface area contributed by atoms with Crippen molar-refractivity contribution < 1.29 is 10.2 Å². The van der Waals surface area contributed by atoms with Gasteiger partial charge in [0.2, 0.25) is 0 Å². The minimum absolute atomic E-state index is 0.0168. The third kappa shape index (κ3) is 3.06. The van der Waals surface area contributed by atoms with Crippen LogP contribution in [0.2, 0.25) is 5.15 Å². The van der Waals surface area contributed by atoms with Crippen molar-refractivity contribution in [3.63, 3.8) is 0 Å². The molecule has 1 aliphatic carbocycles. The van der Waals surface area contributed by atoms with Crippen LogP contribution in [0.5, 0.6) is 0 Å². The Bertz CT molecular complexity index is 382. The van der Waals surface area contributed by atoms with Crippen LogP contribution in [0, 0.1) is 12.8 Å². The van der Waals surface area contributed by atoms with Gasteiger partial charge in [0.1, 0.15) is 16.8 Å². The first-order valence-electron chi connectivity index (χ1n) is 5.65. The van der Waals surface area contributed by atoms with Gasteiger partial charge in [-0.05, 0) is 19.8 Å². The van der Waals surface area contributed by atoms with Gasteiger partial charge < -0.3 is 15.5 Å². The van der Waals surface area contributed by atoms with Gasteiger partial charge in [-0.25, -0.2) is 9.97 Å². The number of nitrogens with one attached hydrogen (secondary N) is 1. The summed E-state index contributed by atoms with van der Waals surface area (Å²) in [7, 11) is 0. The van der Waals surface area contributed by atoms with Gasteiger partial charge in [0.15, 0.2) is 0 Å². The molecule has 0 aliphatic heterocycles. The van der Waals surface area contributed by atoms with Gasteiger partial charge >= 0.3 is 0 Å². The number of rotatable bonds is 3. The van der Waals surface area contributed by atoms with Crippen molar-refractivity contribution in [1.82, 2.24) is 9.97 Å². The molecule has 17 heavy (non-hydrogen) atoms. The quantitative estimate of drug-likeness (QED) is 0.704. The standard InChI is InChI=1S/C11H16ClN3O2/c1-6-13-10(12)4-11(14-6)15-8-2-7(5-16)9(17)3-8/h4,7-9,16-17H,2-3,5H2,1H3,(H,13,14,15)/t7-,8-,9?/m1/s1. The largest absolute Gasteiger partial charge is 0.396 e. The molecule has 1 heterocycles. The van der Waals surface area contributed by atoms with E-state index in [0.717, 1.165) is 6.42 Å². The van der Waals surface area contributed by atoms with Crippen LogP contribution in [0.4, 0.5) is 5.82 Å². The number of aromatic nitrogens is 2. The monoisotopic (exact) mass is 257 g/mol. The Labute approximate surface area is 105 Å². The molecule has 5 nitrogen and oxygen atoms in total. The molecule has 1 saturated carbocycles. The van der Waals surface area contributed by atoms with Crippen LogP contribution in [-0.4, -0.2) is 38.9 Å². The summed E-state index contributed by atoms with van der Waals surface area (Å²) in [5.74, 6) is 1.22. The SMILES string of the molecule is Cc1nc(Cl)cc(N[C@H]2CC(O)[C@@H](CO)C2)n1. The van der Waals surface area contributed by atoms with Crippen LogP contribution < -0.4 is 5.32 Å². The Balaban J connectivity index is 2.02. The van der Waals surface area contributed by atoms with Crippen molar-refractivity contribution in [3.8, 4) is 0 Å². The minimum atomic E-state index is -0.448. The molecule has 0 amide bonds. The van der Waals surface area contributed by atoms with Crippen LogP contribution in [0.3, 0.4) is 0 Å². The molecule has 0 bridgehead atoms. The van der Waals surface area contributed by atoms with Crippen LogP contribution in [0.15, 0.2) is 6.07 Å². The number of nitrogens with zero attached hydrogens (tertiary/aromatic N) is 2. The van der Waals surface area contributed by atoms with E-state index in [0.29, 0.717) is 23.2 Å². The smallest absolute Gasteiger partial charge is 0.134 e. The second-order valence-electron chi connectivity index (χ2n) is 4.45. The van der Waals surface area contributed by atoms with E-state index in [4.69, 9.17) is 16.7 Å². The van der Waals surface area contributed by atoms with E-state index in [1.54, 1.807) is 13.0 Å². The summed E-state index contributed by atoms with van der Waals surface area (Å²) >= 11 is 5.84. The van der Waals surface area contributed by atoms with Gasteiger partial charge in [0, 0.05) is 24.6 Å². The molecule has 1 unspecified atom stereocenters. The summed E-state index contributed by atoms with van der Waals surface area (Å²) < 4.78 is 0.